The first kappa shape index (κ1) is 55.8. The van der Waals surface area contributed by atoms with Crippen molar-refractivity contribution in [3.05, 3.63) is 62.5 Å². The SMILES string of the molecule is C=CCOP(=O)(OCC)OCC.C=CCP(=O)(OCC)OCC.C=CP(=O)(O)O.C=CP(=O)(OC)OC.C=CP(=O)(OCC)OCC. The molecular weight excluding hydrogens is 723 g/mol. The zero-order chi connectivity index (χ0) is 38.1. The van der Waals surface area contributed by atoms with E-state index in [9.17, 15) is 22.8 Å². The summed E-state index contributed by atoms with van der Waals surface area (Å²) in [5, 5.41) is 0. The van der Waals surface area contributed by atoms with Crippen LogP contribution in [0.3, 0.4) is 0 Å². The standard InChI is InChI=1S/C7H15O4P.C7H15O3P.C6H13O3P.C4H9O3P.C2H5O3P/c1-4-7-11-12(8,9-5-2)10-6-3;1-4-7-11(8,9-5-2)10-6-3;1-4-8-10(7,6-3)9-5-2;1-4-8(5,6-2)7-3;1-2-6(3,4)5/h4H,1,5-7H2,2-3H3;4H,1,5-7H2,2-3H3;6H,3-5H2,1-2H3;4H,1H2,2-3H3;2H,1H2,(H2,3,4,5). The van der Waals surface area contributed by atoms with Crippen LogP contribution in [-0.2, 0) is 63.5 Å². The molecule has 0 atom stereocenters. The van der Waals surface area contributed by atoms with Gasteiger partial charge in [-0.05, 0) is 41.5 Å². The molecule has 0 aromatic heterocycles. The van der Waals surface area contributed by atoms with Crippen molar-refractivity contribution in [2.75, 3.05) is 66.6 Å². The average molecular weight is 781 g/mol. The maximum absolute atomic E-state index is 11.5. The smallest absolute Gasteiger partial charge is 0.321 e. The van der Waals surface area contributed by atoms with Crippen LogP contribution < -0.4 is 0 Å². The molecule has 0 aliphatic rings. The maximum Gasteiger partial charge on any atom is 0.475 e. The third-order valence-electron chi connectivity index (χ3n) is 3.74. The Morgan fingerprint density at radius 2 is 0.851 bits per heavy atom. The molecule has 0 radical (unpaired) electrons. The lowest BCUT2D eigenvalue weighted by atomic mass is 10.7. The molecule has 0 unspecified atom stereocenters. The highest BCUT2D eigenvalue weighted by Crippen LogP contribution is 2.50. The van der Waals surface area contributed by atoms with E-state index in [-0.39, 0.29) is 12.8 Å². The number of phosphoric ester groups is 1. The van der Waals surface area contributed by atoms with Gasteiger partial charge in [0.05, 0.1) is 52.4 Å². The zero-order valence-corrected chi connectivity index (χ0v) is 33.4. The van der Waals surface area contributed by atoms with Gasteiger partial charge >= 0.3 is 38.2 Å². The van der Waals surface area contributed by atoms with E-state index in [1.165, 1.54) is 26.1 Å². The lowest BCUT2D eigenvalue weighted by Gasteiger charge is -2.14. The Balaban J connectivity index is -0.000000159. The Bertz CT molecular complexity index is 1020. The van der Waals surface area contributed by atoms with E-state index < -0.39 is 38.2 Å². The predicted octanol–water partition coefficient (Wildman–Crippen LogP) is 9.13. The van der Waals surface area contributed by atoms with Crippen molar-refractivity contribution in [1.29, 1.82) is 0 Å². The van der Waals surface area contributed by atoms with Gasteiger partial charge in [-0.15, -0.1) is 13.2 Å². The van der Waals surface area contributed by atoms with Crippen molar-refractivity contribution in [3.8, 4) is 0 Å². The van der Waals surface area contributed by atoms with Crippen LogP contribution in [0, 0.1) is 0 Å². The van der Waals surface area contributed by atoms with E-state index in [0.717, 1.165) is 5.82 Å². The summed E-state index contributed by atoms with van der Waals surface area (Å²) in [7, 11) is -13.2. The Hall–Kier alpha value is -0.590. The Kier molecular flexibility index (Phi) is 40.2. The van der Waals surface area contributed by atoms with Crippen molar-refractivity contribution < 1.29 is 73.3 Å². The summed E-state index contributed by atoms with van der Waals surface area (Å²) in [5.74, 6) is 2.99. The second-order valence-corrected chi connectivity index (χ2v) is 16.7. The van der Waals surface area contributed by atoms with Gasteiger partial charge in [0.2, 0.25) is 0 Å². The van der Waals surface area contributed by atoms with Gasteiger partial charge in [0, 0.05) is 31.7 Å². The fourth-order valence-corrected chi connectivity index (χ4v) is 5.98. The van der Waals surface area contributed by atoms with Crippen LogP contribution in [0.15, 0.2) is 62.5 Å². The summed E-state index contributed by atoms with van der Waals surface area (Å²) < 4.78 is 97.5. The first-order chi connectivity index (χ1) is 21.8. The monoisotopic (exact) mass is 780 g/mol. The first-order valence-corrected chi connectivity index (χ1v) is 22.1. The van der Waals surface area contributed by atoms with E-state index in [2.05, 4.69) is 41.9 Å². The second kappa shape index (κ2) is 33.9. The lowest BCUT2D eigenvalue weighted by Crippen LogP contribution is -1.99. The minimum Gasteiger partial charge on any atom is -0.321 e. The Morgan fingerprint density at radius 1 is 0.511 bits per heavy atom. The van der Waals surface area contributed by atoms with E-state index in [0.29, 0.717) is 45.5 Å². The zero-order valence-electron chi connectivity index (χ0n) is 28.9. The molecule has 0 aromatic rings. The van der Waals surface area contributed by atoms with Gasteiger partial charge in [-0.2, -0.15) is 0 Å². The molecule has 47 heavy (non-hydrogen) atoms. The van der Waals surface area contributed by atoms with Crippen molar-refractivity contribution in [2.45, 2.75) is 41.5 Å². The minimum absolute atomic E-state index is 0.164. The van der Waals surface area contributed by atoms with E-state index in [1.54, 1.807) is 47.6 Å². The summed E-state index contributed by atoms with van der Waals surface area (Å²) in [6.45, 7) is 29.3. The fourth-order valence-electron chi connectivity index (χ4n) is 1.99. The Morgan fingerprint density at radius 3 is 1.04 bits per heavy atom. The van der Waals surface area contributed by atoms with Crippen LogP contribution in [0.5, 0.6) is 0 Å². The van der Waals surface area contributed by atoms with Crippen molar-refractivity contribution >= 4 is 38.2 Å². The van der Waals surface area contributed by atoms with E-state index in [4.69, 9.17) is 41.5 Å². The van der Waals surface area contributed by atoms with Gasteiger partial charge in [-0.1, -0.05) is 31.9 Å². The molecule has 0 aromatic carbocycles. The largest absolute Gasteiger partial charge is 0.475 e. The number of rotatable bonds is 22. The van der Waals surface area contributed by atoms with E-state index in [1.807, 2.05) is 0 Å². The van der Waals surface area contributed by atoms with Crippen LogP contribution >= 0.6 is 38.2 Å². The normalized spacial score (nSPS) is 11.4. The fraction of sp³-hybridized carbons (Fsp3) is 0.615. The van der Waals surface area contributed by atoms with Crippen molar-refractivity contribution in [1.82, 2.24) is 0 Å². The topological polar surface area (TPSA) is 209 Å². The highest BCUT2D eigenvalue weighted by molar-refractivity contribution is 7.57. The minimum atomic E-state index is -3.88. The molecule has 0 aliphatic carbocycles. The number of hydrogen-bond acceptors (Lipinski definition) is 14. The average Bonchev–Trinajstić information content (AvgIpc) is 3.01. The molecule has 0 heterocycles. The Labute approximate surface area is 281 Å². The third kappa shape index (κ3) is 38.1. The van der Waals surface area contributed by atoms with Crippen LogP contribution in [0.2, 0.25) is 0 Å². The lowest BCUT2D eigenvalue weighted by molar-refractivity contribution is 0.131. The van der Waals surface area contributed by atoms with Crippen LogP contribution in [-0.4, -0.2) is 76.4 Å². The summed E-state index contributed by atoms with van der Waals surface area (Å²) in [6.07, 6.45) is 3.32. The molecule has 21 heteroatoms. The molecule has 0 bridgehead atoms. The molecule has 2 N–H and O–H groups in total. The summed E-state index contributed by atoms with van der Waals surface area (Å²) in [6, 6.07) is 0. The van der Waals surface area contributed by atoms with Gasteiger partial charge in [-0.25, -0.2) is 4.57 Å². The molecule has 0 fully saturated rings. The number of hydrogen-bond donors (Lipinski definition) is 2. The maximum atomic E-state index is 11.5. The predicted molar refractivity (Wildman–Crippen MR) is 188 cm³/mol. The summed E-state index contributed by atoms with van der Waals surface area (Å²) in [4.78, 5) is 15.6. The van der Waals surface area contributed by atoms with Crippen LogP contribution in [0.25, 0.3) is 0 Å². The van der Waals surface area contributed by atoms with Crippen molar-refractivity contribution in [3.63, 3.8) is 0 Å². The number of allylic oxidation sites excluding steroid dienone is 1. The van der Waals surface area contributed by atoms with Crippen LogP contribution in [0.1, 0.15) is 41.5 Å². The second-order valence-electron chi connectivity index (χ2n) is 7.20. The van der Waals surface area contributed by atoms with Gasteiger partial charge in [0.15, 0.2) is 0 Å². The summed E-state index contributed by atoms with van der Waals surface area (Å²) in [5.41, 5.74) is 0. The number of phosphoric acid groups is 1. The molecular formula is C26H57O16P5. The molecule has 0 saturated heterocycles. The highest BCUT2D eigenvalue weighted by atomic mass is 31.2. The molecule has 0 amide bonds. The van der Waals surface area contributed by atoms with Gasteiger partial charge in [0.25, 0.3) is 0 Å². The summed E-state index contributed by atoms with van der Waals surface area (Å²) >= 11 is 0. The van der Waals surface area contributed by atoms with Crippen molar-refractivity contribution in [2.24, 2.45) is 0 Å². The van der Waals surface area contributed by atoms with Gasteiger partial charge in [-0.3, -0.25) is 31.8 Å². The molecule has 16 nitrogen and oxygen atoms in total. The molecule has 0 rings (SSSR count). The first-order valence-electron chi connectivity index (χ1n) is 14.0. The quantitative estimate of drug-likeness (QED) is 0.0775. The van der Waals surface area contributed by atoms with Gasteiger partial charge in [0.1, 0.15) is 0 Å². The van der Waals surface area contributed by atoms with Crippen LogP contribution in [0.4, 0.5) is 0 Å². The molecule has 0 aliphatic heterocycles. The third-order valence-corrected chi connectivity index (χ3v) is 11.0. The highest BCUT2D eigenvalue weighted by Gasteiger charge is 2.24. The van der Waals surface area contributed by atoms with E-state index >= 15 is 0 Å². The molecule has 0 spiro atoms. The molecule has 0 saturated carbocycles. The van der Waals surface area contributed by atoms with Gasteiger partial charge < -0.3 is 36.9 Å². The molecule has 282 valence electrons.